The number of benzene rings is 2. The van der Waals surface area contributed by atoms with Crippen LogP contribution in [-0.2, 0) is 4.79 Å². The molecule has 0 unspecified atom stereocenters. The second-order valence-electron chi connectivity index (χ2n) is 4.87. The number of carbonyl (C=O) groups is 1. The van der Waals surface area contributed by atoms with Crippen LogP contribution in [0.2, 0.25) is 0 Å². The molecule has 2 aromatic rings. The van der Waals surface area contributed by atoms with Gasteiger partial charge in [-0.25, -0.2) is 4.79 Å². The van der Waals surface area contributed by atoms with Crippen molar-refractivity contribution >= 4 is 18.1 Å². The van der Waals surface area contributed by atoms with E-state index in [4.69, 9.17) is 0 Å². The predicted molar refractivity (Wildman–Crippen MR) is 91.3 cm³/mol. The Balaban J connectivity index is 2.29. The van der Waals surface area contributed by atoms with Gasteiger partial charge in [0.05, 0.1) is 0 Å². The Kier molecular flexibility index (Phi) is 5.50. The van der Waals surface area contributed by atoms with Gasteiger partial charge in [-0.05, 0) is 23.6 Å². The summed E-state index contributed by atoms with van der Waals surface area (Å²) in [5, 5.41) is 9.22. The normalized spacial score (nSPS) is 11.0. The van der Waals surface area contributed by atoms with E-state index in [1.807, 2.05) is 85.0 Å². The zero-order chi connectivity index (χ0) is 15.8. The lowest BCUT2D eigenvalue weighted by Gasteiger charge is -2.00. The van der Waals surface area contributed by atoms with Crippen molar-refractivity contribution in [3.8, 4) is 0 Å². The van der Waals surface area contributed by atoms with Gasteiger partial charge in [0.25, 0.3) is 0 Å². The minimum atomic E-state index is -0.912. The van der Waals surface area contributed by atoms with Crippen molar-refractivity contribution in [3.63, 3.8) is 0 Å². The first-order chi connectivity index (χ1) is 10.7. The van der Waals surface area contributed by atoms with Crippen molar-refractivity contribution in [2.45, 2.75) is 6.92 Å². The molecule has 0 radical (unpaired) electrons. The molecule has 0 aliphatic heterocycles. The fraction of sp³-hybridized carbons (Fsp3) is 0.0500. The molecule has 2 nitrogen and oxygen atoms in total. The van der Waals surface area contributed by atoms with Crippen LogP contribution in [0.25, 0.3) is 12.2 Å². The number of carboxylic acids is 1. The largest absolute Gasteiger partial charge is 0.478 e. The van der Waals surface area contributed by atoms with Crippen molar-refractivity contribution < 1.29 is 9.90 Å². The first-order valence-corrected chi connectivity index (χ1v) is 7.07. The molecular weight excluding hydrogens is 272 g/mol. The Labute approximate surface area is 130 Å². The number of aliphatic carboxylic acids is 1. The van der Waals surface area contributed by atoms with Crippen LogP contribution in [-0.4, -0.2) is 11.1 Å². The molecule has 110 valence electrons. The highest BCUT2D eigenvalue weighted by Crippen LogP contribution is 2.13. The van der Waals surface area contributed by atoms with E-state index >= 15 is 0 Å². The summed E-state index contributed by atoms with van der Waals surface area (Å²) in [4.78, 5) is 11.2. The molecule has 0 saturated heterocycles. The Morgan fingerprint density at radius 3 is 1.59 bits per heavy atom. The van der Waals surface area contributed by atoms with Gasteiger partial charge in [-0.2, -0.15) is 0 Å². The van der Waals surface area contributed by atoms with Crippen molar-refractivity contribution in [2.75, 3.05) is 0 Å². The van der Waals surface area contributed by atoms with Gasteiger partial charge in [0.2, 0.25) is 0 Å². The van der Waals surface area contributed by atoms with Crippen LogP contribution in [0.4, 0.5) is 0 Å². The van der Waals surface area contributed by atoms with Gasteiger partial charge in [-0.15, -0.1) is 0 Å². The van der Waals surface area contributed by atoms with E-state index in [9.17, 15) is 9.90 Å². The van der Waals surface area contributed by atoms with E-state index < -0.39 is 5.97 Å². The summed E-state index contributed by atoms with van der Waals surface area (Å²) in [6.07, 6.45) is 7.49. The van der Waals surface area contributed by atoms with Crippen LogP contribution in [0.1, 0.15) is 18.1 Å². The number of carboxylic acid groups (broad SMARTS) is 1. The molecule has 22 heavy (non-hydrogen) atoms. The van der Waals surface area contributed by atoms with Crippen LogP contribution in [0, 0.1) is 0 Å². The van der Waals surface area contributed by atoms with Gasteiger partial charge in [0, 0.05) is 5.57 Å². The molecule has 0 heterocycles. The number of rotatable bonds is 5. The standard InChI is InChI=1S/C20H18O2/c1-16(20(21)22)19(14-12-17-8-4-2-5-9-17)15-13-18-10-6-3-7-11-18/h2-15H,1H3,(H,21,22). The second kappa shape index (κ2) is 7.79. The summed E-state index contributed by atoms with van der Waals surface area (Å²) < 4.78 is 0. The minimum Gasteiger partial charge on any atom is -0.478 e. The topological polar surface area (TPSA) is 37.3 Å². The van der Waals surface area contributed by atoms with Crippen molar-refractivity contribution in [2.24, 2.45) is 0 Å². The van der Waals surface area contributed by atoms with E-state index in [1.165, 1.54) is 0 Å². The molecule has 2 aromatic carbocycles. The van der Waals surface area contributed by atoms with Gasteiger partial charge in [0.1, 0.15) is 0 Å². The smallest absolute Gasteiger partial charge is 0.331 e. The molecular formula is C20H18O2. The first-order valence-electron chi connectivity index (χ1n) is 7.07. The van der Waals surface area contributed by atoms with E-state index in [1.54, 1.807) is 6.92 Å². The molecule has 0 saturated carbocycles. The Morgan fingerprint density at radius 1 is 0.818 bits per heavy atom. The average Bonchev–Trinajstić information content (AvgIpc) is 2.56. The van der Waals surface area contributed by atoms with Gasteiger partial charge >= 0.3 is 5.97 Å². The van der Waals surface area contributed by atoms with Gasteiger partial charge in [-0.3, -0.25) is 0 Å². The third-order valence-electron chi connectivity index (χ3n) is 3.26. The molecule has 0 aliphatic rings. The number of hydrogen-bond donors (Lipinski definition) is 1. The van der Waals surface area contributed by atoms with Gasteiger partial charge in [0.15, 0.2) is 0 Å². The molecule has 0 amide bonds. The average molecular weight is 290 g/mol. The van der Waals surface area contributed by atoms with E-state index in [0.29, 0.717) is 11.1 Å². The number of hydrogen-bond acceptors (Lipinski definition) is 1. The maximum atomic E-state index is 11.2. The van der Waals surface area contributed by atoms with Crippen LogP contribution < -0.4 is 0 Å². The third-order valence-corrected chi connectivity index (χ3v) is 3.26. The Morgan fingerprint density at radius 2 is 1.23 bits per heavy atom. The first kappa shape index (κ1) is 15.5. The quantitative estimate of drug-likeness (QED) is 0.633. The van der Waals surface area contributed by atoms with E-state index in [-0.39, 0.29) is 0 Å². The fourth-order valence-corrected chi connectivity index (χ4v) is 1.93. The van der Waals surface area contributed by atoms with Crippen molar-refractivity contribution in [1.29, 1.82) is 0 Å². The minimum absolute atomic E-state index is 0.319. The molecule has 0 atom stereocenters. The zero-order valence-electron chi connectivity index (χ0n) is 12.4. The maximum absolute atomic E-state index is 11.2. The van der Waals surface area contributed by atoms with E-state index in [2.05, 4.69) is 0 Å². The fourth-order valence-electron chi connectivity index (χ4n) is 1.93. The molecule has 0 aliphatic carbocycles. The molecule has 2 rings (SSSR count). The van der Waals surface area contributed by atoms with E-state index in [0.717, 1.165) is 11.1 Å². The van der Waals surface area contributed by atoms with Crippen LogP contribution in [0.15, 0.2) is 84.0 Å². The Bertz CT molecular complexity index is 656. The van der Waals surface area contributed by atoms with Crippen molar-refractivity contribution in [1.82, 2.24) is 0 Å². The maximum Gasteiger partial charge on any atom is 0.331 e. The summed E-state index contributed by atoms with van der Waals surface area (Å²) >= 11 is 0. The lowest BCUT2D eigenvalue weighted by atomic mass is 10.1. The number of allylic oxidation sites excluding steroid dienone is 3. The van der Waals surface area contributed by atoms with Crippen LogP contribution in [0.5, 0.6) is 0 Å². The summed E-state index contributed by atoms with van der Waals surface area (Å²) in [5.74, 6) is -0.912. The Hall–Kier alpha value is -2.87. The lowest BCUT2D eigenvalue weighted by Crippen LogP contribution is -1.98. The molecule has 0 spiro atoms. The highest BCUT2D eigenvalue weighted by molar-refractivity contribution is 5.89. The summed E-state index contributed by atoms with van der Waals surface area (Å²) in [5.41, 5.74) is 3.07. The molecule has 0 aromatic heterocycles. The summed E-state index contributed by atoms with van der Waals surface area (Å²) in [6.45, 7) is 1.61. The van der Waals surface area contributed by atoms with Gasteiger partial charge < -0.3 is 5.11 Å². The second-order valence-corrected chi connectivity index (χ2v) is 4.87. The molecule has 0 fully saturated rings. The van der Waals surface area contributed by atoms with Crippen LogP contribution in [0.3, 0.4) is 0 Å². The molecule has 2 heteroatoms. The highest BCUT2D eigenvalue weighted by Gasteiger charge is 2.04. The molecule has 1 N–H and O–H groups in total. The van der Waals surface area contributed by atoms with Gasteiger partial charge in [-0.1, -0.05) is 85.0 Å². The van der Waals surface area contributed by atoms with Crippen LogP contribution >= 0.6 is 0 Å². The zero-order valence-corrected chi connectivity index (χ0v) is 12.4. The lowest BCUT2D eigenvalue weighted by molar-refractivity contribution is -0.132. The molecule has 0 bridgehead atoms. The highest BCUT2D eigenvalue weighted by atomic mass is 16.4. The van der Waals surface area contributed by atoms with Crippen molar-refractivity contribution in [3.05, 3.63) is 95.1 Å². The summed E-state index contributed by atoms with van der Waals surface area (Å²) in [7, 11) is 0. The third kappa shape index (κ3) is 4.60. The predicted octanol–water partition coefficient (Wildman–Crippen LogP) is 4.81. The monoisotopic (exact) mass is 290 g/mol. The summed E-state index contributed by atoms with van der Waals surface area (Å²) in [6, 6.07) is 19.6. The SMILES string of the molecule is CC(C(=O)O)=C(C=Cc1ccccc1)C=Cc1ccccc1.